The van der Waals surface area contributed by atoms with Gasteiger partial charge < -0.3 is 10.0 Å². The molecule has 21 heavy (non-hydrogen) atoms. The SMILES string of the molecule is Cc1ccc(C(=O)N2C(C(=O)O)CSC2C2CC2)c(C)c1. The maximum absolute atomic E-state index is 12.9. The molecule has 0 bridgehead atoms. The van der Waals surface area contributed by atoms with Crippen molar-refractivity contribution in [2.75, 3.05) is 5.75 Å². The lowest BCUT2D eigenvalue weighted by molar-refractivity contribution is -0.141. The topological polar surface area (TPSA) is 57.6 Å². The summed E-state index contributed by atoms with van der Waals surface area (Å²) in [7, 11) is 0. The van der Waals surface area contributed by atoms with Crippen LogP contribution < -0.4 is 0 Å². The number of aryl methyl sites for hydroxylation is 2. The quantitative estimate of drug-likeness (QED) is 0.933. The molecule has 1 aliphatic carbocycles. The van der Waals surface area contributed by atoms with E-state index in [1.165, 1.54) is 0 Å². The third-order valence-corrected chi connectivity index (χ3v) is 5.65. The molecule has 112 valence electrons. The molecule has 1 amide bonds. The average Bonchev–Trinajstić information content (AvgIpc) is 3.16. The van der Waals surface area contributed by atoms with Gasteiger partial charge in [-0.05, 0) is 44.2 Å². The lowest BCUT2D eigenvalue weighted by atomic mass is 10.0. The lowest BCUT2D eigenvalue weighted by Gasteiger charge is -2.28. The third kappa shape index (κ3) is 2.67. The molecule has 1 aromatic rings. The highest BCUT2D eigenvalue weighted by atomic mass is 32.2. The molecular formula is C16H19NO3S. The van der Waals surface area contributed by atoms with Crippen molar-refractivity contribution >= 4 is 23.6 Å². The second-order valence-electron chi connectivity index (χ2n) is 5.95. The number of thioether (sulfide) groups is 1. The Balaban J connectivity index is 1.93. The normalized spacial score (nSPS) is 25.1. The van der Waals surface area contributed by atoms with Crippen LogP contribution in [0.15, 0.2) is 18.2 Å². The minimum Gasteiger partial charge on any atom is -0.480 e. The van der Waals surface area contributed by atoms with E-state index in [0.717, 1.165) is 24.0 Å². The van der Waals surface area contributed by atoms with Gasteiger partial charge >= 0.3 is 5.97 Å². The molecule has 1 saturated heterocycles. The minimum absolute atomic E-state index is 0.0271. The number of hydrogen-bond donors (Lipinski definition) is 1. The van der Waals surface area contributed by atoms with E-state index in [4.69, 9.17) is 0 Å². The smallest absolute Gasteiger partial charge is 0.327 e. The van der Waals surface area contributed by atoms with Crippen molar-refractivity contribution < 1.29 is 14.7 Å². The van der Waals surface area contributed by atoms with E-state index < -0.39 is 12.0 Å². The highest BCUT2D eigenvalue weighted by Crippen LogP contribution is 2.46. The van der Waals surface area contributed by atoms with Gasteiger partial charge in [-0.15, -0.1) is 11.8 Å². The molecule has 3 rings (SSSR count). The summed E-state index contributed by atoms with van der Waals surface area (Å²) in [5.74, 6) is -0.0766. The van der Waals surface area contributed by atoms with Crippen molar-refractivity contribution in [3.63, 3.8) is 0 Å². The fourth-order valence-electron chi connectivity index (χ4n) is 2.91. The summed E-state index contributed by atoms with van der Waals surface area (Å²) >= 11 is 1.61. The average molecular weight is 305 g/mol. The maximum atomic E-state index is 12.9. The molecule has 2 aliphatic rings. The predicted octanol–water partition coefficient (Wildman–Crippen LogP) is 2.68. The van der Waals surface area contributed by atoms with Gasteiger partial charge in [0.1, 0.15) is 6.04 Å². The van der Waals surface area contributed by atoms with Crippen LogP contribution in [0, 0.1) is 19.8 Å². The van der Waals surface area contributed by atoms with Crippen LogP contribution in [0.4, 0.5) is 0 Å². The fraction of sp³-hybridized carbons (Fsp3) is 0.500. The number of hydrogen-bond acceptors (Lipinski definition) is 3. The molecule has 2 atom stereocenters. The Kier molecular flexibility index (Phi) is 3.69. The van der Waals surface area contributed by atoms with Gasteiger partial charge in [0.25, 0.3) is 5.91 Å². The van der Waals surface area contributed by atoms with Crippen LogP contribution >= 0.6 is 11.8 Å². The Morgan fingerprint density at radius 1 is 1.29 bits per heavy atom. The molecule has 1 saturated carbocycles. The van der Waals surface area contributed by atoms with Crippen molar-refractivity contribution in [2.24, 2.45) is 5.92 Å². The van der Waals surface area contributed by atoms with Gasteiger partial charge in [0.15, 0.2) is 0 Å². The van der Waals surface area contributed by atoms with Gasteiger partial charge in [0.05, 0.1) is 5.37 Å². The number of aliphatic carboxylic acids is 1. The number of benzene rings is 1. The number of carbonyl (C=O) groups excluding carboxylic acids is 1. The second-order valence-corrected chi connectivity index (χ2v) is 7.10. The van der Waals surface area contributed by atoms with Crippen LogP contribution in [-0.4, -0.2) is 39.1 Å². The van der Waals surface area contributed by atoms with Gasteiger partial charge in [-0.25, -0.2) is 4.79 Å². The maximum Gasteiger partial charge on any atom is 0.327 e. The third-order valence-electron chi connectivity index (χ3n) is 4.19. The van der Waals surface area contributed by atoms with Crippen LogP contribution in [-0.2, 0) is 4.79 Å². The van der Waals surface area contributed by atoms with Gasteiger partial charge in [-0.1, -0.05) is 17.7 Å². The van der Waals surface area contributed by atoms with E-state index in [1.54, 1.807) is 16.7 Å². The minimum atomic E-state index is -0.899. The Bertz CT molecular complexity index is 597. The monoisotopic (exact) mass is 305 g/mol. The number of carbonyl (C=O) groups is 2. The zero-order valence-electron chi connectivity index (χ0n) is 12.2. The van der Waals surface area contributed by atoms with E-state index in [9.17, 15) is 14.7 Å². The standard InChI is InChI=1S/C16H19NO3S/c1-9-3-6-12(10(2)7-9)14(18)17-13(16(19)20)8-21-15(17)11-4-5-11/h3,6-7,11,13,15H,4-5,8H2,1-2H3,(H,19,20). The van der Waals surface area contributed by atoms with Crippen LogP contribution in [0.25, 0.3) is 0 Å². The molecule has 0 spiro atoms. The summed E-state index contributed by atoms with van der Waals surface area (Å²) in [5, 5.41) is 9.43. The van der Waals surface area contributed by atoms with E-state index in [0.29, 0.717) is 17.2 Å². The van der Waals surface area contributed by atoms with Gasteiger partial charge in [-0.2, -0.15) is 0 Å². The summed E-state index contributed by atoms with van der Waals surface area (Å²) in [6, 6.07) is 5.00. The summed E-state index contributed by atoms with van der Waals surface area (Å²) in [6.07, 6.45) is 2.20. The number of amides is 1. The second kappa shape index (κ2) is 5.37. The summed E-state index contributed by atoms with van der Waals surface area (Å²) in [6.45, 7) is 3.89. The zero-order valence-corrected chi connectivity index (χ0v) is 13.0. The molecule has 0 radical (unpaired) electrons. The first-order valence-electron chi connectivity index (χ1n) is 7.23. The molecule has 2 unspecified atom stereocenters. The summed E-state index contributed by atoms with van der Waals surface area (Å²) in [4.78, 5) is 26.0. The predicted molar refractivity (Wildman–Crippen MR) is 82.5 cm³/mol. The largest absolute Gasteiger partial charge is 0.480 e. The van der Waals surface area contributed by atoms with Crippen molar-refractivity contribution in [3.05, 3.63) is 34.9 Å². The van der Waals surface area contributed by atoms with Gasteiger partial charge in [-0.3, -0.25) is 4.79 Å². The van der Waals surface area contributed by atoms with E-state index >= 15 is 0 Å². The number of rotatable bonds is 3. The van der Waals surface area contributed by atoms with Gasteiger partial charge in [0.2, 0.25) is 0 Å². The molecule has 1 N–H and O–H groups in total. The summed E-state index contributed by atoms with van der Waals surface area (Å²) in [5.41, 5.74) is 2.64. The van der Waals surface area contributed by atoms with E-state index in [2.05, 4.69) is 0 Å². The fourth-order valence-corrected chi connectivity index (χ4v) is 4.54. The van der Waals surface area contributed by atoms with E-state index in [-0.39, 0.29) is 11.3 Å². The molecule has 4 nitrogen and oxygen atoms in total. The molecule has 1 aliphatic heterocycles. The first kappa shape index (κ1) is 14.4. The molecule has 5 heteroatoms. The van der Waals surface area contributed by atoms with Crippen molar-refractivity contribution in [1.29, 1.82) is 0 Å². The van der Waals surface area contributed by atoms with Crippen LogP contribution in [0.5, 0.6) is 0 Å². The van der Waals surface area contributed by atoms with Crippen molar-refractivity contribution in [1.82, 2.24) is 4.90 Å². The Labute approximate surface area is 128 Å². The van der Waals surface area contributed by atoms with Crippen molar-refractivity contribution in [2.45, 2.75) is 38.1 Å². The van der Waals surface area contributed by atoms with Crippen LogP contribution in [0.1, 0.15) is 34.3 Å². The molecule has 2 fully saturated rings. The Morgan fingerprint density at radius 2 is 2.00 bits per heavy atom. The highest BCUT2D eigenvalue weighted by molar-refractivity contribution is 8.00. The number of carboxylic acids is 1. The molecule has 1 heterocycles. The van der Waals surface area contributed by atoms with E-state index in [1.807, 2.05) is 32.0 Å². The van der Waals surface area contributed by atoms with Crippen LogP contribution in [0.2, 0.25) is 0 Å². The first-order valence-corrected chi connectivity index (χ1v) is 8.28. The number of carboxylic acid groups (broad SMARTS) is 1. The highest BCUT2D eigenvalue weighted by Gasteiger charge is 2.48. The first-order chi connectivity index (χ1) is 9.99. The molecular weight excluding hydrogens is 286 g/mol. The zero-order chi connectivity index (χ0) is 15.1. The number of nitrogens with zero attached hydrogens (tertiary/aromatic N) is 1. The Morgan fingerprint density at radius 3 is 2.57 bits per heavy atom. The Hall–Kier alpha value is -1.49. The summed E-state index contributed by atoms with van der Waals surface area (Å²) < 4.78 is 0. The molecule has 0 aromatic heterocycles. The van der Waals surface area contributed by atoms with Crippen LogP contribution in [0.3, 0.4) is 0 Å². The van der Waals surface area contributed by atoms with Gasteiger partial charge in [0, 0.05) is 11.3 Å². The van der Waals surface area contributed by atoms with Crippen molar-refractivity contribution in [3.8, 4) is 0 Å². The molecule has 1 aromatic carbocycles. The lowest BCUT2D eigenvalue weighted by Crippen LogP contribution is -2.46.